The van der Waals surface area contributed by atoms with Crippen LogP contribution in [0.4, 0.5) is 4.79 Å². The molecule has 2 aliphatic carbocycles. The van der Waals surface area contributed by atoms with Crippen molar-refractivity contribution in [2.45, 2.75) is 128 Å². The molecule has 0 radical (unpaired) electrons. The molecule has 0 bridgehead atoms. The second kappa shape index (κ2) is 17.1. The number of fused-ring (bicyclic) bond motifs is 1. The van der Waals surface area contributed by atoms with Gasteiger partial charge < -0.3 is 26.2 Å². The first-order valence-corrected chi connectivity index (χ1v) is 20.8. The highest BCUT2D eigenvalue weighted by Gasteiger charge is 2.46. The van der Waals surface area contributed by atoms with Crippen LogP contribution in [-0.4, -0.2) is 91.0 Å². The summed E-state index contributed by atoms with van der Waals surface area (Å²) in [6, 6.07) is 2.98. The molecule has 292 valence electrons. The Morgan fingerprint density at radius 1 is 0.962 bits per heavy atom. The number of carbonyl (C=O) groups is 5. The zero-order valence-corrected chi connectivity index (χ0v) is 32.5. The number of hydrogen-bond acceptors (Lipinski definition) is 7. The predicted octanol–water partition coefficient (Wildman–Crippen LogP) is 3.64. The van der Waals surface area contributed by atoms with Crippen molar-refractivity contribution in [2.75, 3.05) is 19.6 Å². The number of carbonyl (C=O) groups excluding carboxylic acids is 5. The zero-order chi connectivity index (χ0) is 38.5. The Morgan fingerprint density at radius 3 is 2.28 bits per heavy atom. The van der Waals surface area contributed by atoms with Gasteiger partial charge in [-0.1, -0.05) is 90.5 Å². The molecule has 1 saturated heterocycles. The van der Waals surface area contributed by atoms with E-state index in [2.05, 4.69) is 27.8 Å². The van der Waals surface area contributed by atoms with Crippen LogP contribution in [-0.2, 0) is 35.7 Å². The largest absolute Gasteiger partial charge is 0.346 e. The first kappa shape index (κ1) is 40.4. The van der Waals surface area contributed by atoms with Gasteiger partial charge in [0, 0.05) is 32.2 Å². The van der Waals surface area contributed by atoms with Gasteiger partial charge in [0.05, 0.1) is 10.9 Å². The first-order chi connectivity index (χ1) is 25.1. The summed E-state index contributed by atoms with van der Waals surface area (Å²) in [4.78, 5) is 69.8. The number of urea groups is 1. The maximum absolute atomic E-state index is 14.5. The Bertz CT molecular complexity index is 1650. The normalized spacial score (nSPS) is 23.3. The van der Waals surface area contributed by atoms with E-state index in [9.17, 15) is 32.4 Å². The highest BCUT2D eigenvalue weighted by atomic mass is 32.2. The average molecular weight is 755 g/mol. The monoisotopic (exact) mass is 754 g/mol. The van der Waals surface area contributed by atoms with Crippen LogP contribution in [0.3, 0.4) is 0 Å². The number of nitrogens with one attached hydrogen (secondary N) is 4. The van der Waals surface area contributed by atoms with Gasteiger partial charge in [0.15, 0.2) is 0 Å². The molecule has 4 N–H and O–H groups in total. The van der Waals surface area contributed by atoms with Crippen molar-refractivity contribution >= 4 is 39.6 Å². The van der Waals surface area contributed by atoms with Gasteiger partial charge in [0.25, 0.3) is 5.91 Å². The standard InChI is InChI=1S/C39H58N6O7S/c1-6-19-40-36(48)33(46)29(20-26-17-18-26)41-35(47)31-21-25(7-2)22-45(31)37(49)34(39(3,4)5)43-38(50)42-30(27-13-9-8-10-14-27)24-44-23-28-15-11-12-16-32(28)53(44,51)52/h6,11-12,15-16,25-27,29-31,34H,1,7-10,13-14,17-24H2,2-5H3,(H,40,48)(H,41,47)(H2,42,43,50)/t25-,29?,30-,31+,34-/m1/s1. The van der Waals surface area contributed by atoms with Crippen LogP contribution < -0.4 is 21.3 Å². The fraction of sp³-hybridized carbons (Fsp3) is 0.667. The summed E-state index contributed by atoms with van der Waals surface area (Å²) in [6.07, 6.45) is 9.56. The quantitative estimate of drug-likeness (QED) is 0.156. The Kier molecular flexibility index (Phi) is 13.1. The van der Waals surface area contributed by atoms with E-state index in [1.54, 1.807) is 12.1 Å². The maximum atomic E-state index is 14.5. The number of hydrogen-bond donors (Lipinski definition) is 4. The van der Waals surface area contributed by atoms with E-state index in [1.165, 1.54) is 15.3 Å². The molecular formula is C39H58N6O7S. The molecule has 0 aromatic heterocycles. The lowest BCUT2D eigenvalue weighted by Gasteiger charge is -2.37. The number of rotatable bonds is 15. The molecule has 2 aliphatic heterocycles. The van der Waals surface area contributed by atoms with E-state index in [0.29, 0.717) is 24.3 Å². The summed E-state index contributed by atoms with van der Waals surface area (Å²) in [5.41, 5.74) is -0.0280. The fourth-order valence-corrected chi connectivity index (χ4v) is 9.65. The lowest BCUT2D eigenvalue weighted by Crippen LogP contribution is -2.61. The summed E-state index contributed by atoms with van der Waals surface area (Å²) in [5, 5.41) is 11.3. The molecule has 5 amide bonds. The van der Waals surface area contributed by atoms with Crippen molar-refractivity contribution < 1.29 is 32.4 Å². The Labute approximate surface area is 314 Å². The molecule has 5 rings (SSSR count). The molecule has 1 unspecified atom stereocenters. The number of benzene rings is 1. The average Bonchev–Trinajstić information content (AvgIpc) is 3.78. The third-order valence-corrected chi connectivity index (χ3v) is 13.3. The molecule has 2 saturated carbocycles. The van der Waals surface area contributed by atoms with E-state index in [4.69, 9.17) is 0 Å². The lowest BCUT2D eigenvalue weighted by atomic mass is 9.83. The highest BCUT2D eigenvalue weighted by molar-refractivity contribution is 7.89. The molecule has 5 atom stereocenters. The molecule has 3 fully saturated rings. The van der Waals surface area contributed by atoms with Crippen molar-refractivity contribution in [1.29, 1.82) is 0 Å². The summed E-state index contributed by atoms with van der Waals surface area (Å²) >= 11 is 0. The van der Waals surface area contributed by atoms with Crippen molar-refractivity contribution in [2.24, 2.45) is 23.2 Å². The number of nitrogens with zero attached hydrogens (tertiary/aromatic N) is 2. The van der Waals surface area contributed by atoms with Crippen molar-refractivity contribution in [1.82, 2.24) is 30.5 Å². The summed E-state index contributed by atoms with van der Waals surface area (Å²) in [5.74, 6) is -2.08. The molecule has 14 heteroatoms. The van der Waals surface area contributed by atoms with Crippen molar-refractivity contribution in [3.8, 4) is 0 Å². The lowest BCUT2D eigenvalue weighted by molar-refractivity contribution is -0.143. The second-order valence-electron chi connectivity index (χ2n) is 16.4. The smallest absolute Gasteiger partial charge is 0.315 e. The fourth-order valence-electron chi connectivity index (χ4n) is 7.99. The first-order valence-electron chi connectivity index (χ1n) is 19.3. The van der Waals surface area contributed by atoms with Gasteiger partial charge in [-0.05, 0) is 60.5 Å². The SMILES string of the molecule is C=CCNC(=O)C(=O)C(CC1CC1)NC(=O)[C@@H]1C[C@@H](CC)CN1C(=O)[C@@H](NC(=O)N[C@H](CN1Cc2ccccc2S1(=O)=O)C1CCCCC1)C(C)(C)C. The minimum absolute atomic E-state index is 0.0276. The molecule has 4 aliphatic rings. The van der Waals surface area contributed by atoms with Crippen LogP contribution in [0.5, 0.6) is 0 Å². The molecule has 13 nitrogen and oxygen atoms in total. The second-order valence-corrected chi connectivity index (χ2v) is 18.4. The van der Waals surface area contributed by atoms with Gasteiger partial charge in [-0.15, -0.1) is 6.58 Å². The maximum Gasteiger partial charge on any atom is 0.315 e. The van der Waals surface area contributed by atoms with Gasteiger partial charge in [0.2, 0.25) is 27.6 Å². The number of Topliss-reactive ketones (excluding diaryl/α,β-unsaturated/α-hetero) is 1. The minimum atomic E-state index is -3.72. The van der Waals surface area contributed by atoms with E-state index >= 15 is 0 Å². The Hall–Kier alpha value is -3.78. The predicted molar refractivity (Wildman–Crippen MR) is 201 cm³/mol. The van der Waals surface area contributed by atoms with E-state index in [0.717, 1.165) is 56.9 Å². The summed E-state index contributed by atoms with van der Waals surface area (Å²) in [6.45, 7) is 11.9. The zero-order valence-electron chi connectivity index (χ0n) is 31.7. The topological polar surface area (TPSA) is 174 Å². The van der Waals surface area contributed by atoms with Crippen LogP contribution in [0.25, 0.3) is 0 Å². The third-order valence-electron chi connectivity index (χ3n) is 11.3. The van der Waals surface area contributed by atoms with Crippen LogP contribution in [0.1, 0.15) is 97.5 Å². The van der Waals surface area contributed by atoms with Crippen molar-refractivity contribution in [3.63, 3.8) is 0 Å². The number of ketones is 1. The number of amides is 5. The van der Waals surface area contributed by atoms with Crippen LogP contribution in [0.15, 0.2) is 41.8 Å². The number of likely N-dealkylation sites (tertiary alicyclic amines) is 1. The minimum Gasteiger partial charge on any atom is -0.346 e. The number of sulfonamides is 1. The van der Waals surface area contributed by atoms with Gasteiger partial charge in [-0.2, -0.15) is 4.31 Å². The van der Waals surface area contributed by atoms with Gasteiger partial charge >= 0.3 is 6.03 Å². The van der Waals surface area contributed by atoms with Crippen LogP contribution in [0, 0.1) is 23.2 Å². The Balaban J connectivity index is 1.31. The van der Waals surface area contributed by atoms with Crippen LogP contribution >= 0.6 is 0 Å². The third kappa shape index (κ3) is 9.86. The molecule has 53 heavy (non-hydrogen) atoms. The highest BCUT2D eigenvalue weighted by Crippen LogP contribution is 2.35. The van der Waals surface area contributed by atoms with Crippen LogP contribution in [0.2, 0.25) is 0 Å². The summed E-state index contributed by atoms with van der Waals surface area (Å²) < 4.78 is 28.4. The molecule has 0 spiro atoms. The molecule has 2 heterocycles. The van der Waals surface area contributed by atoms with E-state index < -0.39 is 69.1 Å². The molecular weight excluding hydrogens is 697 g/mol. The van der Waals surface area contributed by atoms with Gasteiger partial charge in [-0.3, -0.25) is 19.2 Å². The molecule has 1 aromatic rings. The summed E-state index contributed by atoms with van der Waals surface area (Å²) in [7, 11) is -3.72. The Morgan fingerprint density at radius 2 is 1.66 bits per heavy atom. The van der Waals surface area contributed by atoms with E-state index in [-0.39, 0.29) is 37.4 Å². The van der Waals surface area contributed by atoms with E-state index in [1.807, 2.05) is 39.8 Å². The molecule has 1 aromatic carbocycles. The van der Waals surface area contributed by atoms with Gasteiger partial charge in [-0.25, -0.2) is 13.2 Å². The van der Waals surface area contributed by atoms with Crippen molar-refractivity contribution in [3.05, 3.63) is 42.5 Å². The van der Waals surface area contributed by atoms with Gasteiger partial charge in [0.1, 0.15) is 12.1 Å².